The van der Waals surface area contributed by atoms with E-state index in [0.717, 1.165) is 16.3 Å². The molecular formula is C10H15NO2S. The van der Waals surface area contributed by atoms with Crippen LogP contribution in [0, 0.1) is 5.92 Å². The maximum absolute atomic E-state index is 8.83. The van der Waals surface area contributed by atoms with Crippen molar-refractivity contribution >= 4 is 11.8 Å². The molecule has 0 spiro atoms. The number of aliphatic hydroxyl groups excluding tert-OH is 2. The maximum atomic E-state index is 8.83. The van der Waals surface area contributed by atoms with Crippen molar-refractivity contribution in [3.05, 3.63) is 23.9 Å². The molecule has 3 nitrogen and oxygen atoms in total. The van der Waals surface area contributed by atoms with E-state index < -0.39 is 0 Å². The first-order valence-corrected chi connectivity index (χ1v) is 5.54. The van der Waals surface area contributed by atoms with Crippen molar-refractivity contribution in [2.75, 3.05) is 12.4 Å². The molecule has 0 saturated carbocycles. The predicted molar refractivity (Wildman–Crippen MR) is 57.1 cm³/mol. The summed E-state index contributed by atoms with van der Waals surface area (Å²) in [5.41, 5.74) is 0.824. The largest absolute Gasteiger partial charge is 0.396 e. The van der Waals surface area contributed by atoms with Crippen LogP contribution in [0.25, 0.3) is 0 Å². The second kappa shape index (κ2) is 6.01. The van der Waals surface area contributed by atoms with Crippen LogP contribution in [-0.2, 0) is 6.61 Å². The Morgan fingerprint density at radius 3 is 2.71 bits per heavy atom. The number of rotatable bonds is 5. The van der Waals surface area contributed by atoms with Crippen molar-refractivity contribution in [2.45, 2.75) is 18.6 Å². The molecule has 0 amide bonds. The highest BCUT2D eigenvalue weighted by Crippen LogP contribution is 2.18. The van der Waals surface area contributed by atoms with E-state index in [4.69, 9.17) is 10.2 Å². The third-order valence-electron chi connectivity index (χ3n) is 1.81. The molecule has 1 heterocycles. The van der Waals surface area contributed by atoms with Crippen LogP contribution in [0.4, 0.5) is 0 Å². The zero-order valence-corrected chi connectivity index (χ0v) is 9.00. The topological polar surface area (TPSA) is 53.4 Å². The van der Waals surface area contributed by atoms with Gasteiger partial charge in [-0.1, -0.05) is 13.0 Å². The third kappa shape index (κ3) is 3.65. The van der Waals surface area contributed by atoms with Crippen LogP contribution in [-0.4, -0.2) is 27.6 Å². The average Bonchev–Trinajstić information content (AvgIpc) is 2.26. The first kappa shape index (κ1) is 11.5. The Bertz CT molecular complexity index is 263. The lowest BCUT2D eigenvalue weighted by Gasteiger charge is -2.06. The lowest BCUT2D eigenvalue weighted by atomic mass is 10.2. The summed E-state index contributed by atoms with van der Waals surface area (Å²) >= 11 is 1.62. The normalized spacial score (nSPS) is 12.8. The van der Waals surface area contributed by atoms with Gasteiger partial charge in [0.1, 0.15) is 0 Å². The first-order valence-electron chi connectivity index (χ1n) is 4.55. The van der Waals surface area contributed by atoms with Gasteiger partial charge in [-0.25, -0.2) is 4.98 Å². The monoisotopic (exact) mass is 213 g/mol. The molecule has 0 aliphatic rings. The molecule has 1 aromatic rings. The number of thioether (sulfide) groups is 1. The number of hydrogen-bond acceptors (Lipinski definition) is 4. The minimum Gasteiger partial charge on any atom is -0.396 e. The number of hydrogen-bond donors (Lipinski definition) is 2. The predicted octanol–water partition coefficient (Wildman–Crippen LogP) is 1.29. The summed E-state index contributed by atoms with van der Waals surface area (Å²) in [6, 6.07) is 3.75. The maximum Gasteiger partial charge on any atom is 0.0960 e. The fourth-order valence-corrected chi connectivity index (χ4v) is 1.72. The summed E-state index contributed by atoms with van der Waals surface area (Å²) in [4.78, 5) is 4.18. The van der Waals surface area contributed by atoms with Crippen LogP contribution in [0.2, 0.25) is 0 Å². The van der Waals surface area contributed by atoms with Gasteiger partial charge in [-0.3, -0.25) is 0 Å². The molecule has 0 fully saturated rings. The molecule has 78 valence electrons. The van der Waals surface area contributed by atoms with Crippen LogP contribution in [0.3, 0.4) is 0 Å². The highest BCUT2D eigenvalue weighted by molar-refractivity contribution is 7.99. The number of nitrogens with zero attached hydrogens (tertiary/aromatic N) is 1. The van der Waals surface area contributed by atoms with E-state index in [1.807, 2.05) is 19.1 Å². The molecule has 0 aliphatic heterocycles. The van der Waals surface area contributed by atoms with Crippen LogP contribution in [0.15, 0.2) is 23.4 Å². The number of pyridine rings is 1. The molecule has 0 radical (unpaired) electrons. The highest BCUT2D eigenvalue weighted by atomic mass is 32.2. The Morgan fingerprint density at radius 1 is 1.43 bits per heavy atom. The van der Waals surface area contributed by atoms with E-state index in [-0.39, 0.29) is 13.2 Å². The van der Waals surface area contributed by atoms with Crippen LogP contribution in [0.1, 0.15) is 12.5 Å². The van der Waals surface area contributed by atoms with E-state index in [9.17, 15) is 0 Å². The molecule has 2 N–H and O–H groups in total. The van der Waals surface area contributed by atoms with Crippen molar-refractivity contribution < 1.29 is 10.2 Å². The van der Waals surface area contributed by atoms with Gasteiger partial charge in [0.15, 0.2) is 0 Å². The number of aliphatic hydroxyl groups is 2. The lowest BCUT2D eigenvalue weighted by Crippen LogP contribution is -2.03. The minimum absolute atomic E-state index is 0.0327. The molecule has 4 heteroatoms. The van der Waals surface area contributed by atoms with Gasteiger partial charge in [0.25, 0.3) is 0 Å². The van der Waals surface area contributed by atoms with E-state index >= 15 is 0 Å². The van der Waals surface area contributed by atoms with Crippen molar-refractivity contribution in [1.82, 2.24) is 4.98 Å². The summed E-state index contributed by atoms with van der Waals surface area (Å²) in [5.74, 6) is 1.15. The van der Waals surface area contributed by atoms with E-state index in [1.165, 1.54) is 0 Å². The van der Waals surface area contributed by atoms with E-state index in [2.05, 4.69) is 4.98 Å². The van der Waals surface area contributed by atoms with Gasteiger partial charge in [-0.2, -0.15) is 0 Å². The Balaban J connectivity index is 2.43. The SMILES string of the molecule is CC(CO)CSc1ccc(CO)cn1. The van der Waals surface area contributed by atoms with Crippen molar-refractivity contribution in [1.29, 1.82) is 0 Å². The number of aromatic nitrogens is 1. The molecule has 14 heavy (non-hydrogen) atoms. The second-order valence-corrected chi connectivity index (χ2v) is 4.30. The smallest absolute Gasteiger partial charge is 0.0960 e. The van der Waals surface area contributed by atoms with Gasteiger partial charge in [-0.15, -0.1) is 11.8 Å². The quantitative estimate of drug-likeness (QED) is 0.724. The fraction of sp³-hybridized carbons (Fsp3) is 0.500. The summed E-state index contributed by atoms with van der Waals surface area (Å²) in [6.45, 7) is 2.24. The molecule has 0 aromatic carbocycles. The highest BCUT2D eigenvalue weighted by Gasteiger charge is 2.02. The molecule has 0 bridgehead atoms. The standard InChI is InChI=1S/C10H15NO2S/c1-8(5-12)7-14-10-3-2-9(6-13)4-11-10/h2-4,8,12-13H,5-7H2,1H3. The summed E-state index contributed by atoms with van der Waals surface area (Å²) in [7, 11) is 0. The van der Waals surface area contributed by atoms with Crippen molar-refractivity contribution in [3.8, 4) is 0 Å². The van der Waals surface area contributed by atoms with Crippen LogP contribution >= 0.6 is 11.8 Å². The van der Waals surface area contributed by atoms with Gasteiger partial charge in [0.2, 0.25) is 0 Å². The second-order valence-electron chi connectivity index (χ2n) is 3.26. The molecule has 0 saturated heterocycles. The summed E-state index contributed by atoms with van der Waals surface area (Å²) in [5, 5.41) is 18.6. The molecular weight excluding hydrogens is 198 g/mol. The van der Waals surface area contributed by atoms with Gasteiger partial charge in [0.05, 0.1) is 11.6 Å². The van der Waals surface area contributed by atoms with Gasteiger partial charge < -0.3 is 10.2 Å². The minimum atomic E-state index is 0.0327. The van der Waals surface area contributed by atoms with Crippen LogP contribution in [0.5, 0.6) is 0 Å². The summed E-state index contributed by atoms with van der Waals surface area (Å²) in [6.07, 6.45) is 1.67. The Labute approximate surface area is 88.2 Å². The zero-order chi connectivity index (χ0) is 10.4. The Morgan fingerprint density at radius 2 is 2.21 bits per heavy atom. The molecule has 1 unspecified atom stereocenters. The first-order chi connectivity index (χ1) is 6.76. The summed E-state index contributed by atoms with van der Waals surface area (Å²) < 4.78 is 0. The van der Waals surface area contributed by atoms with E-state index in [1.54, 1.807) is 18.0 Å². The molecule has 1 aromatic heterocycles. The van der Waals surface area contributed by atoms with Crippen molar-refractivity contribution in [2.24, 2.45) is 5.92 Å². The van der Waals surface area contributed by atoms with Crippen molar-refractivity contribution in [3.63, 3.8) is 0 Å². The molecule has 0 aliphatic carbocycles. The average molecular weight is 213 g/mol. The fourth-order valence-electron chi connectivity index (χ4n) is 0.870. The van der Waals surface area contributed by atoms with Gasteiger partial charge >= 0.3 is 0 Å². The van der Waals surface area contributed by atoms with E-state index in [0.29, 0.717) is 5.92 Å². The molecule has 1 rings (SSSR count). The van der Waals surface area contributed by atoms with Crippen LogP contribution < -0.4 is 0 Å². The Hall–Kier alpha value is -0.580. The Kier molecular flexibility index (Phi) is 4.93. The van der Waals surface area contributed by atoms with Gasteiger partial charge in [0, 0.05) is 18.6 Å². The molecule has 1 atom stereocenters. The third-order valence-corrected chi connectivity index (χ3v) is 3.08. The zero-order valence-electron chi connectivity index (χ0n) is 8.18. The lowest BCUT2D eigenvalue weighted by molar-refractivity contribution is 0.250. The van der Waals surface area contributed by atoms with Gasteiger partial charge in [-0.05, 0) is 17.5 Å².